The van der Waals surface area contributed by atoms with Crippen LogP contribution < -0.4 is 10.5 Å². The van der Waals surface area contributed by atoms with E-state index in [-0.39, 0.29) is 10.9 Å². The van der Waals surface area contributed by atoms with Crippen molar-refractivity contribution in [1.29, 1.82) is 0 Å². The van der Waals surface area contributed by atoms with E-state index in [1.165, 1.54) is 16.8 Å². The quantitative estimate of drug-likeness (QED) is 0.607. The highest BCUT2D eigenvalue weighted by molar-refractivity contribution is 6.34. The Labute approximate surface area is 167 Å². The maximum atomic E-state index is 13.3. The van der Waals surface area contributed by atoms with Crippen molar-refractivity contribution in [1.82, 2.24) is 4.57 Å². The molecule has 1 unspecified atom stereocenters. The van der Waals surface area contributed by atoms with E-state index in [0.717, 1.165) is 11.3 Å². The molecule has 4 nitrogen and oxygen atoms in total. The number of nitrogens with zero attached hydrogens (tertiary/aromatic N) is 2. The third-order valence-electron chi connectivity index (χ3n) is 4.26. The molecule has 138 valence electrons. The van der Waals surface area contributed by atoms with Crippen molar-refractivity contribution in [2.45, 2.75) is 19.5 Å². The largest absolute Gasteiger partial charge is 0.306 e. The van der Waals surface area contributed by atoms with E-state index in [2.05, 4.69) is 0 Å². The van der Waals surface area contributed by atoms with E-state index < -0.39 is 11.6 Å². The number of rotatable bonds is 5. The fourth-order valence-corrected chi connectivity index (χ4v) is 3.32. The molecule has 3 rings (SSSR count). The van der Waals surface area contributed by atoms with Gasteiger partial charge in [0.25, 0.3) is 5.56 Å². The van der Waals surface area contributed by atoms with Gasteiger partial charge in [0.2, 0.25) is 5.91 Å². The zero-order valence-corrected chi connectivity index (χ0v) is 16.2. The number of carbonyl (C=O) groups is 1. The lowest BCUT2D eigenvalue weighted by molar-refractivity contribution is -0.121. The molecular weight excluding hydrogens is 383 g/mol. The summed E-state index contributed by atoms with van der Waals surface area (Å²) in [6, 6.07) is 19.6. The van der Waals surface area contributed by atoms with Gasteiger partial charge in [-0.2, -0.15) is 0 Å². The van der Waals surface area contributed by atoms with E-state index >= 15 is 0 Å². The van der Waals surface area contributed by atoms with Gasteiger partial charge in [0.15, 0.2) is 0 Å². The monoisotopic (exact) mass is 400 g/mol. The summed E-state index contributed by atoms with van der Waals surface area (Å²) < 4.78 is 1.27. The molecule has 0 fully saturated rings. The first-order chi connectivity index (χ1) is 13.0. The maximum Gasteiger partial charge on any atom is 0.270 e. The molecule has 0 aliphatic heterocycles. The minimum atomic E-state index is -0.766. The van der Waals surface area contributed by atoms with Gasteiger partial charge in [-0.15, -0.1) is 0 Å². The van der Waals surface area contributed by atoms with Gasteiger partial charge in [0.1, 0.15) is 11.1 Å². The van der Waals surface area contributed by atoms with Crippen LogP contribution in [0.4, 0.5) is 5.69 Å². The van der Waals surface area contributed by atoms with Gasteiger partial charge in [-0.1, -0.05) is 71.7 Å². The molecule has 6 heteroatoms. The molecule has 0 saturated carbocycles. The number of anilines is 1. The van der Waals surface area contributed by atoms with Crippen molar-refractivity contribution in [3.05, 3.63) is 98.9 Å². The van der Waals surface area contributed by atoms with E-state index in [1.54, 1.807) is 11.8 Å². The highest BCUT2D eigenvalue weighted by atomic mass is 35.5. The van der Waals surface area contributed by atoms with Gasteiger partial charge in [-0.05, 0) is 30.7 Å². The molecule has 0 N–H and O–H groups in total. The van der Waals surface area contributed by atoms with Crippen LogP contribution in [0.2, 0.25) is 10.0 Å². The highest BCUT2D eigenvalue weighted by Crippen LogP contribution is 2.22. The number of carbonyl (C=O) groups excluding carboxylic acids is 1. The first-order valence-electron chi connectivity index (χ1n) is 8.45. The number of amides is 1. The Hall–Kier alpha value is -2.56. The molecule has 0 radical (unpaired) electrons. The second kappa shape index (κ2) is 8.42. The van der Waals surface area contributed by atoms with Crippen LogP contribution in [0.25, 0.3) is 0 Å². The molecule has 0 aliphatic carbocycles. The van der Waals surface area contributed by atoms with Crippen LogP contribution in [-0.4, -0.2) is 10.5 Å². The number of aromatic nitrogens is 1. The highest BCUT2D eigenvalue weighted by Gasteiger charge is 2.25. The SMILES string of the molecule is CC(C(=O)N(Cc1ccccc1)c1ccccc1)n1cc(Cl)cc(Cl)c1=O. The lowest BCUT2D eigenvalue weighted by Gasteiger charge is -2.27. The smallest absolute Gasteiger partial charge is 0.270 e. The van der Waals surface area contributed by atoms with Gasteiger partial charge in [-0.25, -0.2) is 0 Å². The summed E-state index contributed by atoms with van der Waals surface area (Å²) in [6.45, 7) is 2.05. The van der Waals surface area contributed by atoms with E-state index in [0.29, 0.717) is 11.6 Å². The Kier molecular flexibility index (Phi) is 5.99. The number of benzene rings is 2. The van der Waals surface area contributed by atoms with Crippen molar-refractivity contribution < 1.29 is 4.79 Å². The van der Waals surface area contributed by atoms with Gasteiger partial charge < -0.3 is 9.47 Å². The molecular formula is C21H18Cl2N2O2. The Morgan fingerprint density at radius 2 is 1.63 bits per heavy atom. The van der Waals surface area contributed by atoms with Crippen LogP contribution >= 0.6 is 23.2 Å². The van der Waals surface area contributed by atoms with Crippen LogP contribution in [0, 0.1) is 0 Å². The van der Waals surface area contributed by atoms with Crippen LogP contribution in [0.1, 0.15) is 18.5 Å². The average Bonchev–Trinajstić information content (AvgIpc) is 2.69. The van der Waals surface area contributed by atoms with Crippen LogP contribution in [0.3, 0.4) is 0 Å². The van der Waals surface area contributed by atoms with Crippen molar-refractivity contribution in [2.24, 2.45) is 0 Å². The molecule has 27 heavy (non-hydrogen) atoms. The standard InChI is InChI=1S/C21H18Cl2N2O2/c1-15(24-14-17(22)12-19(23)21(24)27)20(26)25(18-10-6-3-7-11-18)13-16-8-4-2-5-9-16/h2-12,14-15H,13H2,1H3. The molecule has 0 bridgehead atoms. The van der Waals surface area contributed by atoms with Gasteiger partial charge in [0.05, 0.1) is 11.6 Å². The summed E-state index contributed by atoms with van der Waals surface area (Å²) in [5.74, 6) is -0.231. The average molecular weight is 401 g/mol. The third kappa shape index (κ3) is 4.41. The van der Waals surface area contributed by atoms with Gasteiger partial charge in [-0.3, -0.25) is 9.59 Å². The number of pyridine rings is 1. The molecule has 1 atom stereocenters. The molecule has 1 heterocycles. The predicted molar refractivity (Wildman–Crippen MR) is 110 cm³/mol. The second-order valence-electron chi connectivity index (χ2n) is 6.14. The van der Waals surface area contributed by atoms with Gasteiger partial charge in [0, 0.05) is 11.9 Å². The molecule has 0 saturated heterocycles. The number of hydrogen-bond donors (Lipinski definition) is 0. The first-order valence-corrected chi connectivity index (χ1v) is 9.20. The minimum Gasteiger partial charge on any atom is -0.306 e. The number of hydrogen-bond acceptors (Lipinski definition) is 2. The summed E-state index contributed by atoms with van der Waals surface area (Å²) in [6.07, 6.45) is 1.43. The number of para-hydroxylation sites is 1. The predicted octanol–water partition coefficient (Wildman–Crippen LogP) is 4.95. The van der Waals surface area contributed by atoms with E-state index in [1.807, 2.05) is 60.7 Å². The van der Waals surface area contributed by atoms with Crippen LogP contribution in [0.15, 0.2) is 77.7 Å². The Balaban J connectivity index is 1.99. The van der Waals surface area contributed by atoms with Crippen molar-refractivity contribution in [2.75, 3.05) is 4.90 Å². The summed E-state index contributed by atoms with van der Waals surface area (Å²) in [5, 5.41) is 0.282. The van der Waals surface area contributed by atoms with Crippen molar-refractivity contribution in [3.8, 4) is 0 Å². The fraction of sp³-hybridized carbons (Fsp3) is 0.143. The molecule has 3 aromatic rings. The minimum absolute atomic E-state index is 0.0172. The third-order valence-corrected chi connectivity index (χ3v) is 4.74. The maximum absolute atomic E-state index is 13.3. The number of halogens is 2. The normalized spacial score (nSPS) is 11.8. The van der Waals surface area contributed by atoms with Crippen LogP contribution in [-0.2, 0) is 11.3 Å². The molecule has 0 aliphatic rings. The Morgan fingerprint density at radius 1 is 1.04 bits per heavy atom. The summed E-state index contributed by atoms with van der Waals surface area (Å²) in [4.78, 5) is 27.3. The van der Waals surface area contributed by atoms with E-state index in [4.69, 9.17) is 23.2 Å². The Bertz CT molecular complexity index is 988. The van der Waals surface area contributed by atoms with E-state index in [9.17, 15) is 9.59 Å². The Morgan fingerprint density at radius 3 is 2.26 bits per heavy atom. The second-order valence-corrected chi connectivity index (χ2v) is 6.98. The zero-order valence-electron chi connectivity index (χ0n) is 14.7. The summed E-state index contributed by atoms with van der Waals surface area (Å²) in [7, 11) is 0. The van der Waals surface area contributed by atoms with Crippen LogP contribution in [0.5, 0.6) is 0 Å². The van der Waals surface area contributed by atoms with Crippen molar-refractivity contribution >= 4 is 34.8 Å². The zero-order chi connectivity index (χ0) is 19.4. The fourth-order valence-electron chi connectivity index (χ4n) is 2.84. The lowest BCUT2D eigenvalue weighted by atomic mass is 10.1. The topological polar surface area (TPSA) is 42.3 Å². The molecule has 2 aromatic carbocycles. The summed E-state index contributed by atoms with van der Waals surface area (Å²) in [5.41, 5.74) is 1.28. The molecule has 0 spiro atoms. The molecule has 1 amide bonds. The summed E-state index contributed by atoms with van der Waals surface area (Å²) >= 11 is 12.0. The first kappa shape index (κ1) is 19.2. The lowest BCUT2D eigenvalue weighted by Crippen LogP contribution is -2.39. The van der Waals surface area contributed by atoms with Gasteiger partial charge >= 0.3 is 0 Å². The van der Waals surface area contributed by atoms with Crippen molar-refractivity contribution in [3.63, 3.8) is 0 Å². The molecule has 1 aromatic heterocycles.